The number of hydrogen-bond acceptors (Lipinski definition) is 5. The van der Waals surface area contributed by atoms with Crippen molar-refractivity contribution in [2.75, 3.05) is 19.8 Å². The molecule has 1 rings (SSSR count). The van der Waals surface area contributed by atoms with Gasteiger partial charge in [-0.05, 0) is 18.6 Å². The van der Waals surface area contributed by atoms with Crippen LogP contribution < -0.4 is 5.32 Å². The fourth-order valence-corrected chi connectivity index (χ4v) is 3.38. The van der Waals surface area contributed by atoms with Crippen LogP contribution in [-0.4, -0.2) is 40.3 Å². The Bertz CT molecular complexity index is 585. The number of carbonyl (C=O) groups excluding carboxylic acids is 1. The van der Waals surface area contributed by atoms with Gasteiger partial charge in [0.1, 0.15) is 17.4 Å². The largest absolute Gasteiger partial charge is 0.411 e. The highest BCUT2D eigenvalue weighted by atomic mass is 35.7. The molecule has 0 atom stereocenters. The van der Waals surface area contributed by atoms with Crippen LogP contribution in [0.15, 0.2) is 16.3 Å². The average molecular weight is 366 g/mol. The zero-order valence-electron chi connectivity index (χ0n) is 10.4. The molecule has 0 aromatic carbocycles. The molecular formula is C10H11ClF3NO4S2. The molecule has 0 bridgehead atoms. The van der Waals surface area contributed by atoms with E-state index in [1.54, 1.807) is 6.07 Å². The van der Waals surface area contributed by atoms with E-state index < -0.39 is 34.3 Å². The Labute approximate surface area is 127 Å². The molecule has 1 aromatic rings. The maximum atomic E-state index is 11.8. The first kappa shape index (κ1) is 18.2. The van der Waals surface area contributed by atoms with Crippen molar-refractivity contribution in [1.29, 1.82) is 0 Å². The van der Waals surface area contributed by atoms with E-state index in [9.17, 15) is 26.4 Å². The molecule has 0 spiro atoms. The van der Waals surface area contributed by atoms with E-state index in [2.05, 4.69) is 10.1 Å². The van der Waals surface area contributed by atoms with Crippen molar-refractivity contribution in [3.8, 4) is 0 Å². The molecule has 1 N–H and O–H groups in total. The molecule has 0 saturated heterocycles. The summed E-state index contributed by atoms with van der Waals surface area (Å²) in [5.74, 6) is -0.680. The molecular weight excluding hydrogens is 355 g/mol. The molecule has 0 radical (unpaired) electrons. The molecule has 0 saturated carbocycles. The van der Waals surface area contributed by atoms with Crippen LogP contribution in [0.2, 0.25) is 0 Å². The third kappa shape index (κ3) is 7.65. The standard InChI is InChI=1S/C10H11ClF3NO4S2/c11-21(17,18)9-2-1-7(20-9)3-4-15-8(16)5-19-6-10(12,13)14/h1-2H,3-6H2,(H,15,16). The Kier molecular flexibility index (Phi) is 6.44. The summed E-state index contributed by atoms with van der Waals surface area (Å²) in [5, 5.41) is 2.36. The molecule has 11 heteroatoms. The molecule has 1 heterocycles. The van der Waals surface area contributed by atoms with Crippen LogP contribution in [0, 0.1) is 0 Å². The van der Waals surface area contributed by atoms with Gasteiger partial charge in [0, 0.05) is 22.1 Å². The summed E-state index contributed by atoms with van der Waals surface area (Å²) in [6, 6.07) is 2.89. The monoisotopic (exact) mass is 365 g/mol. The zero-order valence-corrected chi connectivity index (χ0v) is 12.8. The van der Waals surface area contributed by atoms with Gasteiger partial charge >= 0.3 is 6.18 Å². The Morgan fingerprint density at radius 3 is 2.57 bits per heavy atom. The average Bonchev–Trinajstić information content (AvgIpc) is 2.75. The van der Waals surface area contributed by atoms with Crippen molar-refractivity contribution in [3.63, 3.8) is 0 Å². The van der Waals surface area contributed by atoms with Gasteiger partial charge in [0.25, 0.3) is 9.05 Å². The maximum Gasteiger partial charge on any atom is 0.411 e. The van der Waals surface area contributed by atoms with E-state index in [4.69, 9.17) is 10.7 Å². The van der Waals surface area contributed by atoms with Crippen LogP contribution in [-0.2, 0) is 25.0 Å². The smallest absolute Gasteiger partial charge is 0.362 e. The highest BCUT2D eigenvalue weighted by molar-refractivity contribution is 8.15. The van der Waals surface area contributed by atoms with Crippen LogP contribution in [0.25, 0.3) is 0 Å². The summed E-state index contributed by atoms with van der Waals surface area (Å²) in [6.07, 6.45) is -4.14. The van der Waals surface area contributed by atoms with Crippen LogP contribution in [0.3, 0.4) is 0 Å². The quantitative estimate of drug-likeness (QED) is 0.749. The second-order valence-electron chi connectivity index (χ2n) is 3.87. The third-order valence-electron chi connectivity index (χ3n) is 2.07. The second kappa shape index (κ2) is 7.43. The summed E-state index contributed by atoms with van der Waals surface area (Å²) in [5.41, 5.74) is 0. The number of ether oxygens (including phenoxy) is 1. The molecule has 0 aliphatic carbocycles. The van der Waals surface area contributed by atoms with Crippen molar-refractivity contribution in [1.82, 2.24) is 5.32 Å². The zero-order chi connectivity index (χ0) is 16.1. The lowest BCUT2D eigenvalue weighted by Crippen LogP contribution is -2.31. The second-order valence-corrected chi connectivity index (χ2v) is 7.83. The summed E-state index contributed by atoms with van der Waals surface area (Å²) < 4.78 is 61.5. The van der Waals surface area contributed by atoms with E-state index in [1.165, 1.54) is 6.07 Å². The molecule has 5 nitrogen and oxygen atoms in total. The summed E-state index contributed by atoms with van der Waals surface area (Å²) in [7, 11) is 1.38. The third-order valence-corrected chi connectivity index (χ3v) is 5.31. The van der Waals surface area contributed by atoms with Crippen molar-refractivity contribution < 1.29 is 31.1 Å². The topological polar surface area (TPSA) is 72.5 Å². The van der Waals surface area contributed by atoms with Gasteiger partial charge in [-0.2, -0.15) is 13.2 Å². The Balaban J connectivity index is 2.27. The lowest BCUT2D eigenvalue weighted by Gasteiger charge is -2.07. The fraction of sp³-hybridized carbons (Fsp3) is 0.500. The van der Waals surface area contributed by atoms with Gasteiger partial charge in [-0.3, -0.25) is 4.79 Å². The number of carbonyl (C=O) groups is 1. The predicted octanol–water partition coefficient (Wildman–Crippen LogP) is 1.91. The molecule has 0 aliphatic heterocycles. The molecule has 1 amide bonds. The van der Waals surface area contributed by atoms with E-state index in [0.717, 1.165) is 11.3 Å². The molecule has 0 aliphatic rings. The van der Waals surface area contributed by atoms with Crippen molar-refractivity contribution >= 4 is 37.0 Å². The fourth-order valence-electron chi connectivity index (χ4n) is 1.26. The highest BCUT2D eigenvalue weighted by Crippen LogP contribution is 2.24. The van der Waals surface area contributed by atoms with Gasteiger partial charge in [-0.15, -0.1) is 11.3 Å². The van der Waals surface area contributed by atoms with Gasteiger partial charge < -0.3 is 10.1 Å². The number of amides is 1. The molecule has 120 valence electrons. The number of alkyl halides is 3. The number of hydrogen-bond donors (Lipinski definition) is 1. The van der Waals surface area contributed by atoms with Crippen LogP contribution in [0.5, 0.6) is 0 Å². The summed E-state index contributed by atoms with van der Waals surface area (Å²) in [6.45, 7) is -2.02. The van der Waals surface area contributed by atoms with Gasteiger partial charge in [0.15, 0.2) is 0 Å². The lowest BCUT2D eigenvalue weighted by molar-refractivity contribution is -0.175. The van der Waals surface area contributed by atoms with E-state index in [1.807, 2.05) is 0 Å². The van der Waals surface area contributed by atoms with E-state index in [0.29, 0.717) is 11.3 Å². The van der Waals surface area contributed by atoms with Crippen molar-refractivity contribution in [2.45, 2.75) is 16.8 Å². The number of nitrogens with one attached hydrogen (secondary N) is 1. The van der Waals surface area contributed by atoms with Crippen LogP contribution >= 0.6 is 22.0 Å². The SMILES string of the molecule is O=C(COCC(F)(F)F)NCCc1ccc(S(=O)(=O)Cl)s1. The van der Waals surface area contributed by atoms with Gasteiger partial charge in [-0.1, -0.05) is 0 Å². The number of rotatable bonds is 7. The summed E-state index contributed by atoms with van der Waals surface area (Å²) in [4.78, 5) is 11.8. The summed E-state index contributed by atoms with van der Waals surface area (Å²) >= 11 is 0.961. The van der Waals surface area contributed by atoms with Crippen molar-refractivity contribution in [3.05, 3.63) is 17.0 Å². The predicted molar refractivity (Wildman–Crippen MR) is 70.9 cm³/mol. The minimum Gasteiger partial charge on any atom is -0.362 e. The highest BCUT2D eigenvalue weighted by Gasteiger charge is 2.27. The number of thiophene rings is 1. The Morgan fingerprint density at radius 1 is 1.38 bits per heavy atom. The normalized spacial score (nSPS) is 12.4. The molecule has 0 unspecified atom stereocenters. The lowest BCUT2D eigenvalue weighted by atomic mass is 10.3. The van der Waals surface area contributed by atoms with Gasteiger partial charge in [0.05, 0.1) is 0 Å². The van der Waals surface area contributed by atoms with E-state index >= 15 is 0 Å². The minimum atomic E-state index is -4.47. The number of halogens is 4. The van der Waals surface area contributed by atoms with E-state index in [-0.39, 0.29) is 10.8 Å². The van der Waals surface area contributed by atoms with Crippen LogP contribution in [0.4, 0.5) is 13.2 Å². The first-order valence-electron chi connectivity index (χ1n) is 5.52. The van der Waals surface area contributed by atoms with Gasteiger partial charge in [0.2, 0.25) is 5.91 Å². The Morgan fingerprint density at radius 2 is 2.05 bits per heavy atom. The maximum absolute atomic E-state index is 11.8. The van der Waals surface area contributed by atoms with Crippen LogP contribution in [0.1, 0.15) is 4.88 Å². The first-order chi connectivity index (χ1) is 9.58. The molecule has 0 fully saturated rings. The van der Waals surface area contributed by atoms with Gasteiger partial charge in [-0.25, -0.2) is 8.42 Å². The molecule has 1 aromatic heterocycles. The van der Waals surface area contributed by atoms with Crippen molar-refractivity contribution in [2.24, 2.45) is 0 Å². The minimum absolute atomic E-state index is 0.000922. The first-order valence-corrected chi connectivity index (χ1v) is 8.65. The Hall–Kier alpha value is -0.840. The molecule has 21 heavy (non-hydrogen) atoms.